The summed E-state index contributed by atoms with van der Waals surface area (Å²) in [7, 11) is 0. The highest BCUT2D eigenvalue weighted by atomic mass is 16.4. The lowest BCUT2D eigenvalue weighted by Gasteiger charge is -2.27. The average Bonchev–Trinajstić information content (AvgIpc) is 3.19. The summed E-state index contributed by atoms with van der Waals surface area (Å²) in [5, 5.41) is 14.2. The van der Waals surface area contributed by atoms with Crippen molar-refractivity contribution in [2.45, 2.75) is 56.7 Å². The van der Waals surface area contributed by atoms with Crippen molar-refractivity contribution in [2.24, 2.45) is 5.73 Å². The van der Waals surface area contributed by atoms with Crippen LogP contribution in [0, 0.1) is 0 Å². The Hall–Kier alpha value is -2.65. The van der Waals surface area contributed by atoms with Gasteiger partial charge in [0.05, 0.1) is 0 Å². The van der Waals surface area contributed by atoms with E-state index in [1.165, 1.54) is 4.90 Å². The zero-order valence-corrected chi connectivity index (χ0v) is 13.7. The molecule has 0 bridgehead atoms. The van der Waals surface area contributed by atoms with Crippen LogP contribution >= 0.6 is 0 Å². The molecule has 0 aromatic heterocycles. The number of nitrogens with zero attached hydrogens (tertiary/aromatic N) is 1. The summed E-state index contributed by atoms with van der Waals surface area (Å²) in [4.78, 5) is 59.7. The Morgan fingerprint density at radius 1 is 1.32 bits per heavy atom. The Labute approximate surface area is 144 Å². The maximum absolute atomic E-state index is 12.7. The molecule has 0 aromatic carbocycles. The first-order chi connectivity index (χ1) is 11.8. The number of carbonyl (C=O) groups excluding carboxylic acids is 4. The number of likely N-dealkylation sites (tertiary alicyclic amines) is 1. The van der Waals surface area contributed by atoms with Gasteiger partial charge in [-0.25, -0.2) is 4.79 Å². The highest BCUT2D eigenvalue weighted by Crippen LogP contribution is 2.20. The minimum atomic E-state index is -1.10. The number of nitrogens with two attached hydrogens (primary N) is 1. The maximum atomic E-state index is 12.7. The number of aliphatic carboxylic acids is 1. The number of carbonyl (C=O) groups is 5. The molecule has 2 aliphatic rings. The zero-order chi connectivity index (χ0) is 18.6. The largest absolute Gasteiger partial charge is 0.480 e. The third kappa shape index (κ3) is 4.68. The number of hydrogen-bond acceptors (Lipinski definition) is 5. The Balaban J connectivity index is 2.07. The topological polar surface area (TPSA) is 159 Å². The van der Waals surface area contributed by atoms with Crippen molar-refractivity contribution in [1.29, 1.82) is 0 Å². The second-order valence-corrected chi connectivity index (χ2v) is 6.25. The van der Waals surface area contributed by atoms with Crippen molar-refractivity contribution < 1.29 is 29.1 Å². The predicted molar refractivity (Wildman–Crippen MR) is 83.9 cm³/mol. The molecule has 0 radical (unpaired) electrons. The van der Waals surface area contributed by atoms with Crippen LogP contribution in [0.1, 0.15) is 38.5 Å². The van der Waals surface area contributed by atoms with Crippen molar-refractivity contribution in [1.82, 2.24) is 15.5 Å². The normalized spacial score (nSPS) is 23.8. The van der Waals surface area contributed by atoms with Crippen molar-refractivity contribution in [3.8, 4) is 0 Å². The van der Waals surface area contributed by atoms with E-state index in [-0.39, 0.29) is 31.7 Å². The van der Waals surface area contributed by atoms with E-state index in [4.69, 9.17) is 5.73 Å². The van der Waals surface area contributed by atoms with E-state index in [1.807, 2.05) is 0 Å². The molecule has 138 valence electrons. The van der Waals surface area contributed by atoms with Gasteiger partial charge in [-0.15, -0.1) is 0 Å². The molecule has 2 fully saturated rings. The van der Waals surface area contributed by atoms with Gasteiger partial charge in [-0.05, 0) is 25.7 Å². The van der Waals surface area contributed by atoms with Crippen LogP contribution in [0.5, 0.6) is 0 Å². The van der Waals surface area contributed by atoms with Crippen LogP contribution in [-0.4, -0.2) is 64.3 Å². The fraction of sp³-hybridized carbons (Fsp3) is 0.667. The minimum Gasteiger partial charge on any atom is -0.480 e. The molecule has 2 heterocycles. The summed E-state index contributed by atoms with van der Waals surface area (Å²) in [6.45, 7) is 0.277. The number of carboxylic acids is 1. The Bertz CT molecular complexity index is 593. The number of nitrogens with one attached hydrogen (secondary N) is 2. The minimum absolute atomic E-state index is 0.0244. The van der Waals surface area contributed by atoms with Crippen LogP contribution in [0.4, 0.5) is 0 Å². The Morgan fingerprint density at radius 2 is 2.04 bits per heavy atom. The van der Waals surface area contributed by atoms with E-state index >= 15 is 0 Å². The number of rotatable bonds is 7. The van der Waals surface area contributed by atoms with Crippen LogP contribution in [0.3, 0.4) is 0 Å². The van der Waals surface area contributed by atoms with Gasteiger partial charge in [0, 0.05) is 19.4 Å². The second-order valence-electron chi connectivity index (χ2n) is 6.25. The maximum Gasteiger partial charge on any atom is 0.326 e. The average molecular weight is 354 g/mol. The van der Waals surface area contributed by atoms with Gasteiger partial charge in [-0.3, -0.25) is 19.2 Å². The van der Waals surface area contributed by atoms with E-state index < -0.39 is 41.8 Å². The zero-order valence-electron chi connectivity index (χ0n) is 13.7. The summed E-state index contributed by atoms with van der Waals surface area (Å²) < 4.78 is 0. The molecule has 0 aromatic rings. The van der Waals surface area contributed by atoms with Crippen molar-refractivity contribution >= 4 is 29.6 Å². The molecule has 5 N–H and O–H groups in total. The fourth-order valence-corrected chi connectivity index (χ4v) is 3.11. The van der Waals surface area contributed by atoms with Gasteiger partial charge >= 0.3 is 5.97 Å². The lowest BCUT2D eigenvalue weighted by Crippen LogP contribution is -2.54. The van der Waals surface area contributed by atoms with E-state index in [0.717, 1.165) is 0 Å². The number of carboxylic acid groups (broad SMARTS) is 1. The molecule has 10 heteroatoms. The SMILES string of the molecule is NC(=O)CC[C@H](NC(=O)[C@@H]1CCC(=O)N1)C(=O)N1CCC[C@H]1C(=O)O. The molecular weight excluding hydrogens is 332 g/mol. The van der Waals surface area contributed by atoms with Crippen LogP contribution in [0.15, 0.2) is 0 Å². The lowest BCUT2D eigenvalue weighted by molar-refractivity contribution is -0.149. The molecule has 0 saturated carbocycles. The Kier molecular flexibility index (Phi) is 5.94. The molecule has 2 rings (SSSR count). The fourth-order valence-electron chi connectivity index (χ4n) is 3.11. The van der Waals surface area contributed by atoms with Gasteiger partial charge in [0.15, 0.2) is 0 Å². The summed E-state index contributed by atoms with van der Waals surface area (Å²) in [5.74, 6) is -3.06. The summed E-state index contributed by atoms with van der Waals surface area (Å²) >= 11 is 0. The third-order valence-electron chi connectivity index (χ3n) is 4.43. The van der Waals surface area contributed by atoms with E-state index in [2.05, 4.69) is 10.6 Å². The summed E-state index contributed by atoms with van der Waals surface area (Å²) in [5.41, 5.74) is 5.11. The summed E-state index contributed by atoms with van der Waals surface area (Å²) in [6.07, 6.45) is 1.30. The van der Waals surface area contributed by atoms with Crippen molar-refractivity contribution in [3.63, 3.8) is 0 Å². The molecular formula is C15H22N4O6. The first-order valence-electron chi connectivity index (χ1n) is 8.21. The van der Waals surface area contributed by atoms with Crippen LogP contribution < -0.4 is 16.4 Å². The highest BCUT2D eigenvalue weighted by molar-refractivity contribution is 5.95. The molecule has 4 amide bonds. The molecule has 0 spiro atoms. The smallest absolute Gasteiger partial charge is 0.326 e. The van der Waals surface area contributed by atoms with Gasteiger partial charge in [0.25, 0.3) is 0 Å². The van der Waals surface area contributed by atoms with Gasteiger partial charge in [-0.1, -0.05) is 0 Å². The van der Waals surface area contributed by atoms with Crippen molar-refractivity contribution in [3.05, 3.63) is 0 Å². The third-order valence-corrected chi connectivity index (χ3v) is 4.43. The molecule has 10 nitrogen and oxygen atoms in total. The van der Waals surface area contributed by atoms with Crippen LogP contribution in [0.25, 0.3) is 0 Å². The van der Waals surface area contributed by atoms with Gasteiger partial charge < -0.3 is 26.4 Å². The van der Waals surface area contributed by atoms with Crippen LogP contribution in [-0.2, 0) is 24.0 Å². The van der Waals surface area contributed by atoms with Crippen molar-refractivity contribution in [2.75, 3.05) is 6.54 Å². The number of hydrogen-bond donors (Lipinski definition) is 4. The molecule has 0 aliphatic carbocycles. The monoisotopic (exact) mass is 354 g/mol. The summed E-state index contributed by atoms with van der Waals surface area (Å²) in [6, 6.07) is -2.73. The van der Waals surface area contributed by atoms with E-state index in [1.54, 1.807) is 0 Å². The molecule has 2 aliphatic heterocycles. The first-order valence-corrected chi connectivity index (χ1v) is 8.21. The number of primary amides is 1. The Morgan fingerprint density at radius 3 is 2.60 bits per heavy atom. The van der Waals surface area contributed by atoms with Gasteiger partial charge in [-0.2, -0.15) is 0 Å². The van der Waals surface area contributed by atoms with E-state index in [0.29, 0.717) is 19.3 Å². The highest BCUT2D eigenvalue weighted by Gasteiger charge is 2.38. The quantitative estimate of drug-likeness (QED) is 0.417. The molecule has 3 atom stereocenters. The molecule has 25 heavy (non-hydrogen) atoms. The standard InChI is InChI=1S/C15H22N4O6/c16-11(20)5-3-9(18-13(22)8-4-6-12(21)17-8)14(23)19-7-1-2-10(19)15(24)25/h8-10H,1-7H2,(H2,16,20)(H,17,21)(H,18,22)(H,24,25)/t8-,9-,10-/m0/s1. The molecule has 2 saturated heterocycles. The van der Waals surface area contributed by atoms with Gasteiger partial charge in [0.1, 0.15) is 18.1 Å². The van der Waals surface area contributed by atoms with Gasteiger partial charge in [0.2, 0.25) is 23.6 Å². The first kappa shape index (κ1) is 18.7. The number of amides is 4. The molecule has 0 unspecified atom stereocenters. The lowest BCUT2D eigenvalue weighted by atomic mass is 10.1. The van der Waals surface area contributed by atoms with Crippen LogP contribution in [0.2, 0.25) is 0 Å². The predicted octanol–water partition coefficient (Wildman–Crippen LogP) is -1.91. The van der Waals surface area contributed by atoms with E-state index in [9.17, 15) is 29.1 Å². The second kappa shape index (κ2) is 7.95.